The van der Waals surface area contributed by atoms with Gasteiger partial charge in [-0.1, -0.05) is 30.3 Å². The number of aromatic carboxylic acids is 1. The number of aliphatic hydroxyl groups excluding tert-OH is 1. The first-order chi connectivity index (χ1) is 17.0. The number of carboxylic acids is 1. The Labute approximate surface area is 199 Å². The molecule has 3 heterocycles. The van der Waals surface area contributed by atoms with Gasteiger partial charge in [-0.2, -0.15) is 0 Å². The molecule has 1 aliphatic heterocycles. The third kappa shape index (κ3) is 4.57. The largest absolute Gasteiger partial charge is 0.477 e. The van der Waals surface area contributed by atoms with Gasteiger partial charge >= 0.3 is 5.97 Å². The maximum absolute atomic E-state index is 15.2. The number of fused-ring (bicyclic) bond motifs is 1. The molecule has 0 spiro atoms. The highest BCUT2D eigenvalue weighted by atomic mass is 19.1. The first kappa shape index (κ1) is 22.9. The second kappa shape index (κ2) is 9.38. The average molecular weight is 477 g/mol. The van der Waals surface area contributed by atoms with Gasteiger partial charge in [-0.05, 0) is 24.5 Å². The van der Waals surface area contributed by atoms with Gasteiger partial charge < -0.3 is 19.7 Å². The van der Waals surface area contributed by atoms with E-state index in [1.54, 1.807) is 15.7 Å². The first-order valence-electron chi connectivity index (χ1n) is 11.4. The van der Waals surface area contributed by atoms with Gasteiger partial charge in [0.25, 0.3) is 0 Å². The number of carbonyl (C=O) groups is 1. The van der Waals surface area contributed by atoms with Gasteiger partial charge in [0, 0.05) is 43.2 Å². The third-order valence-electron chi connectivity index (χ3n) is 6.31. The quantitative estimate of drug-likeness (QED) is 0.505. The number of hydrogen-bond acceptors (Lipinski definition) is 7. The normalized spacial score (nSPS) is 19.3. The van der Waals surface area contributed by atoms with Gasteiger partial charge in [0.1, 0.15) is 17.9 Å². The summed E-state index contributed by atoms with van der Waals surface area (Å²) < 4.78 is 16.9. The predicted molar refractivity (Wildman–Crippen MR) is 130 cm³/mol. The number of anilines is 1. The van der Waals surface area contributed by atoms with E-state index in [-0.39, 0.29) is 42.1 Å². The van der Waals surface area contributed by atoms with Crippen LogP contribution in [0.2, 0.25) is 0 Å². The summed E-state index contributed by atoms with van der Waals surface area (Å²) in [5.41, 5.74) is 0.779. The predicted octanol–water partition coefficient (Wildman–Crippen LogP) is 2.51. The zero-order chi connectivity index (χ0) is 24.5. The zero-order valence-electron chi connectivity index (χ0n) is 18.8. The van der Waals surface area contributed by atoms with E-state index in [0.717, 1.165) is 24.5 Å². The molecule has 1 saturated carbocycles. The van der Waals surface area contributed by atoms with Gasteiger partial charge in [-0.3, -0.25) is 14.8 Å². The number of hydrogen-bond donors (Lipinski definition) is 2. The Morgan fingerprint density at radius 2 is 2.03 bits per heavy atom. The Morgan fingerprint density at radius 1 is 1.26 bits per heavy atom. The molecule has 1 aromatic carbocycles. The van der Waals surface area contributed by atoms with Gasteiger partial charge in [-0.25, -0.2) is 14.2 Å². The lowest BCUT2D eigenvalue weighted by Gasteiger charge is -2.19. The van der Waals surface area contributed by atoms with Gasteiger partial charge in [0.2, 0.25) is 5.43 Å². The van der Waals surface area contributed by atoms with E-state index in [1.807, 2.05) is 30.3 Å². The molecule has 1 unspecified atom stereocenters. The summed E-state index contributed by atoms with van der Waals surface area (Å²) >= 11 is 0. The molecule has 0 bridgehead atoms. The van der Waals surface area contributed by atoms with Crippen LogP contribution in [0.3, 0.4) is 0 Å². The minimum absolute atomic E-state index is 0.0344. The Morgan fingerprint density at radius 3 is 2.71 bits per heavy atom. The molecule has 2 fully saturated rings. The fraction of sp³-hybridized carbons (Fsp3) is 0.320. The number of carboxylic acid groups (broad SMARTS) is 1. The van der Waals surface area contributed by atoms with E-state index in [9.17, 15) is 19.8 Å². The highest BCUT2D eigenvalue weighted by Crippen LogP contribution is 2.37. The van der Waals surface area contributed by atoms with Crippen molar-refractivity contribution in [3.05, 3.63) is 69.8 Å². The molecular formula is C25H24FN5O4. The van der Waals surface area contributed by atoms with Gasteiger partial charge in [0.15, 0.2) is 11.6 Å². The van der Waals surface area contributed by atoms with Crippen LogP contribution in [0.25, 0.3) is 11.0 Å². The molecule has 2 aromatic heterocycles. The van der Waals surface area contributed by atoms with Crippen LogP contribution >= 0.6 is 0 Å². The average Bonchev–Trinajstić information content (AvgIpc) is 3.61. The van der Waals surface area contributed by atoms with Gasteiger partial charge in [-0.15, -0.1) is 0 Å². The van der Waals surface area contributed by atoms with Crippen molar-refractivity contribution in [1.29, 1.82) is 0 Å². The number of aliphatic imine (C=N–C) groups is 2. The minimum Gasteiger partial charge on any atom is -0.477 e. The lowest BCUT2D eigenvalue weighted by atomic mass is 10.1. The summed E-state index contributed by atoms with van der Waals surface area (Å²) in [5.74, 6) is -2.14. The summed E-state index contributed by atoms with van der Waals surface area (Å²) in [4.78, 5) is 39.2. The van der Waals surface area contributed by atoms with E-state index < -0.39 is 22.8 Å². The number of benzene rings is 1. The van der Waals surface area contributed by atoms with Crippen LogP contribution in [-0.2, 0) is 0 Å². The molecule has 1 saturated heterocycles. The Hall–Kier alpha value is -3.92. The molecule has 35 heavy (non-hydrogen) atoms. The lowest BCUT2D eigenvalue weighted by Crippen LogP contribution is -2.25. The molecule has 5 rings (SSSR count). The number of aromatic nitrogens is 2. The fourth-order valence-corrected chi connectivity index (χ4v) is 4.42. The topological polar surface area (TPSA) is 120 Å². The van der Waals surface area contributed by atoms with Crippen molar-refractivity contribution in [2.45, 2.75) is 18.9 Å². The summed E-state index contributed by atoms with van der Waals surface area (Å²) in [6.07, 6.45) is 4.75. The summed E-state index contributed by atoms with van der Waals surface area (Å²) in [6, 6.07) is 10.8. The van der Waals surface area contributed by atoms with E-state index in [0.29, 0.717) is 18.8 Å². The number of nitrogens with zero attached hydrogens (tertiary/aromatic N) is 5. The maximum Gasteiger partial charge on any atom is 0.341 e. The number of halogens is 1. The Bertz CT molecular complexity index is 1400. The molecular weight excluding hydrogens is 453 g/mol. The van der Waals surface area contributed by atoms with Crippen molar-refractivity contribution < 1.29 is 19.4 Å². The molecule has 3 aromatic rings. The first-order valence-corrected chi connectivity index (χ1v) is 11.4. The second-order valence-electron chi connectivity index (χ2n) is 8.75. The molecule has 180 valence electrons. The molecule has 1 aliphatic carbocycles. The van der Waals surface area contributed by atoms with E-state index in [1.165, 1.54) is 6.20 Å². The third-order valence-corrected chi connectivity index (χ3v) is 6.31. The number of aliphatic hydroxyl groups is 1. The van der Waals surface area contributed by atoms with Crippen LogP contribution in [0.1, 0.15) is 34.8 Å². The van der Waals surface area contributed by atoms with Gasteiger partial charge in [0.05, 0.1) is 11.9 Å². The maximum atomic E-state index is 15.2. The minimum atomic E-state index is -1.35. The SMILES string of the molecule is O=C(O)c1cn(C2CC2)c2nc(N3CC(=NCO)C(CN=Cc4ccccc4)C3)c(F)cc2c1=O. The van der Waals surface area contributed by atoms with Crippen molar-refractivity contribution in [3.8, 4) is 0 Å². The highest BCUT2D eigenvalue weighted by molar-refractivity contribution is 5.95. The van der Waals surface area contributed by atoms with Crippen molar-refractivity contribution >= 4 is 34.7 Å². The number of pyridine rings is 2. The van der Waals surface area contributed by atoms with Crippen molar-refractivity contribution in [3.63, 3.8) is 0 Å². The molecule has 0 amide bonds. The summed E-state index contributed by atoms with van der Waals surface area (Å²) in [7, 11) is 0. The molecule has 1 atom stereocenters. The molecule has 10 heteroatoms. The zero-order valence-corrected chi connectivity index (χ0v) is 18.8. The van der Waals surface area contributed by atoms with Crippen LogP contribution in [0, 0.1) is 11.7 Å². The second-order valence-corrected chi connectivity index (χ2v) is 8.75. The van der Waals surface area contributed by atoms with Crippen LogP contribution in [-0.4, -0.2) is 64.0 Å². The smallest absolute Gasteiger partial charge is 0.341 e. The Kier molecular flexibility index (Phi) is 6.12. The monoisotopic (exact) mass is 477 g/mol. The fourth-order valence-electron chi connectivity index (χ4n) is 4.42. The Balaban J connectivity index is 1.48. The van der Waals surface area contributed by atoms with Crippen LogP contribution in [0.5, 0.6) is 0 Å². The summed E-state index contributed by atoms with van der Waals surface area (Å²) in [5, 5.41) is 18.8. The van der Waals surface area contributed by atoms with Crippen molar-refractivity contribution in [1.82, 2.24) is 9.55 Å². The van der Waals surface area contributed by atoms with Crippen molar-refractivity contribution in [2.75, 3.05) is 31.3 Å². The molecule has 0 radical (unpaired) electrons. The van der Waals surface area contributed by atoms with E-state index in [2.05, 4.69) is 15.0 Å². The molecule has 2 N–H and O–H groups in total. The summed E-state index contributed by atoms with van der Waals surface area (Å²) in [6.45, 7) is 0.687. The van der Waals surface area contributed by atoms with Crippen LogP contribution < -0.4 is 10.3 Å². The standard InChI is InChI=1S/C25H24FN5O4/c26-20-8-18-22(33)19(25(34)35)12-31(17-6-7-17)23(18)29-24(20)30-11-16(21(13-30)28-14-32)10-27-9-15-4-2-1-3-5-15/h1-5,8-9,12,16-17,32H,6-7,10-11,13-14H2,(H,34,35). The van der Waals surface area contributed by atoms with Crippen molar-refractivity contribution in [2.24, 2.45) is 15.9 Å². The highest BCUT2D eigenvalue weighted by Gasteiger charge is 2.33. The molecule has 9 nitrogen and oxygen atoms in total. The lowest BCUT2D eigenvalue weighted by molar-refractivity contribution is 0.0695. The van der Waals surface area contributed by atoms with Crippen LogP contribution in [0.15, 0.2) is 57.4 Å². The van der Waals surface area contributed by atoms with E-state index >= 15 is 4.39 Å². The van der Waals surface area contributed by atoms with Crippen LogP contribution in [0.4, 0.5) is 10.2 Å². The number of rotatable bonds is 7. The van der Waals surface area contributed by atoms with E-state index in [4.69, 9.17) is 0 Å². The molecule has 2 aliphatic rings.